The minimum atomic E-state index is -1.55. The normalized spacial score (nSPS) is 15.5. The van der Waals surface area contributed by atoms with Gasteiger partial charge in [0.15, 0.2) is 0 Å². The molecule has 19 heteroatoms. The average Bonchev–Trinajstić information content (AvgIpc) is 3.11. The molecule has 0 fully saturated rings. The highest BCUT2D eigenvalue weighted by atomic mass is 16.4. The lowest BCUT2D eigenvalue weighted by Crippen LogP contribution is -2.61. The van der Waals surface area contributed by atoms with Crippen molar-refractivity contribution >= 4 is 53.3 Å². The summed E-state index contributed by atoms with van der Waals surface area (Å²) in [6, 6.07) is -8.45. The molecule has 0 saturated carbocycles. The molecule has 0 aromatic carbocycles. The Morgan fingerprint density at radius 2 is 0.883 bits per heavy atom. The predicted octanol–water partition coefficient (Wildman–Crippen LogP) is 0.785. The van der Waals surface area contributed by atoms with Gasteiger partial charge < -0.3 is 53.2 Å². The molecule has 0 spiro atoms. The molecule has 0 aliphatic carbocycles. The first-order valence-electron chi connectivity index (χ1n) is 21.0. The first-order valence-corrected chi connectivity index (χ1v) is 21.0. The van der Waals surface area contributed by atoms with E-state index in [0.29, 0.717) is 6.42 Å². The van der Waals surface area contributed by atoms with Gasteiger partial charge in [-0.1, -0.05) is 89.5 Å². The van der Waals surface area contributed by atoms with Gasteiger partial charge in [0.2, 0.25) is 41.4 Å². The third kappa shape index (κ3) is 21.4. The highest BCUT2D eigenvalue weighted by Crippen LogP contribution is 2.14. The molecule has 0 aliphatic rings. The lowest BCUT2D eigenvalue weighted by molar-refractivity contribution is -0.143. The number of nitrogens with two attached hydrogens (primary N) is 1. The number of carbonyl (C=O) groups excluding carboxylic acids is 7. The molecular weight excluding hydrogens is 780 g/mol. The van der Waals surface area contributed by atoms with E-state index < -0.39 is 120 Å². The summed E-state index contributed by atoms with van der Waals surface area (Å²) in [6.07, 6.45) is 0.338. The van der Waals surface area contributed by atoms with Crippen LogP contribution in [-0.2, 0) is 43.2 Å². The second-order valence-electron chi connectivity index (χ2n) is 17.7. The van der Waals surface area contributed by atoms with Crippen molar-refractivity contribution in [3.63, 3.8) is 0 Å². The zero-order valence-corrected chi connectivity index (χ0v) is 37.6. The molecule has 0 aromatic rings. The van der Waals surface area contributed by atoms with Gasteiger partial charge >= 0.3 is 11.9 Å². The Morgan fingerprint density at radius 3 is 1.27 bits per heavy atom. The van der Waals surface area contributed by atoms with Crippen LogP contribution in [0.2, 0.25) is 0 Å². The van der Waals surface area contributed by atoms with Gasteiger partial charge in [-0.05, 0) is 61.2 Å². The molecule has 0 aliphatic heterocycles. The fourth-order valence-electron chi connectivity index (χ4n) is 6.18. The number of carboxylic acid groups (broad SMARTS) is 2. The van der Waals surface area contributed by atoms with Crippen LogP contribution in [-0.4, -0.2) is 112 Å². The maximum atomic E-state index is 14.0. The van der Waals surface area contributed by atoms with Crippen LogP contribution in [0.1, 0.15) is 122 Å². The number of hydrogen-bond donors (Lipinski definition) is 10. The van der Waals surface area contributed by atoms with Crippen LogP contribution in [0.5, 0.6) is 0 Å². The number of carbonyl (C=O) groups is 9. The lowest BCUT2D eigenvalue weighted by Gasteiger charge is -2.30. The summed E-state index contributed by atoms with van der Waals surface area (Å²) in [4.78, 5) is 117. The van der Waals surface area contributed by atoms with Crippen molar-refractivity contribution in [3.05, 3.63) is 0 Å². The fourth-order valence-corrected chi connectivity index (χ4v) is 6.18. The highest BCUT2D eigenvalue weighted by Gasteiger charge is 2.36. The van der Waals surface area contributed by atoms with Gasteiger partial charge in [0.1, 0.15) is 36.3 Å². The molecule has 8 atom stereocenters. The molecule has 7 amide bonds. The highest BCUT2D eigenvalue weighted by molar-refractivity contribution is 5.98. The van der Waals surface area contributed by atoms with Crippen LogP contribution >= 0.6 is 0 Å². The number of hydrogen-bond acceptors (Lipinski definition) is 10. The largest absolute Gasteiger partial charge is 0.481 e. The maximum Gasteiger partial charge on any atom is 0.326 e. The van der Waals surface area contributed by atoms with Crippen molar-refractivity contribution in [1.29, 1.82) is 0 Å². The Morgan fingerprint density at radius 1 is 0.483 bits per heavy atom. The summed E-state index contributed by atoms with van der Waals surface area (Å²) in [7, 11) is 0. The number of amides is 7. The van der Waals surface area contributed by atoms with E-state index >= 15 is 0 Å². The van der Waals surface area contributed by atoms with E-state index in [1.807, 2.05) is 55.4 Å². The van der Waals surface area contributed by atoms with Crippen LogP contribution in [0.3, 0.4) is 0 Å². The van der Waals surface area contributed by atoms with Crippen LogP contribution in [0.4, 0.5) is 0 Å². The zero-order valence-electron chi connectivity index (χ0n) is 37.6. The summed E-state index contributed by atoms with van der Waals surface area (Å²) in [5.41, 5.74) is 5.96. The van der Waals surface area contributed by atoms with Crippen molar-refractivity contribution in [3.8, 4) is 0 Å². The Hall–Kier alpha value is -4.81. The Kier molecular flexibility index (Phi) is 24.9. The number of rotatable bonds is 28. The monoisotopic (exact) mass is 855 g/mol. The second kappa shape index (κ2) is 27.1. The van der Waals surface area contributed by atoms with Gasteiger partial charge in [-0.3, -0.25) is 38.4 Å². The second-order valence-corrected chi connectivity index (χ2v) is 17.7. The lowest BCUT2D eigenvalue weighted by atomic mass is 9.95. The van der Waals surface area contributed by atoms with E-state index in [0.717, 1.165) is 0 Å². The molecular formula is C41H74N8O11. The minimum Gasteiger partial charge on any atom is -0.481 e. The van der Waals surface area contributed by atoms with Crippen LogP contribution in [0.15, 0.2) is 0 Å². The minimum absolute atomic E-state index is 0.0497. The molecule has 19 nitrogen and oxygen atoms in total. The topological polar surface area (TPSA) is 304 Å². The SMILES string of the molecule is CCC(C)C(NC(=O)C(CC(=O)O)NC(=O)C(N)CC(C)C)C(=O)NC(CC(C)C)C(=O)NC(CC(C)C)C(=O)NC(CC(C)C)C(=O)NCC(=O)NC(C(=O)O)C(C)C. The van der Waals surface area contributed by atoms with Gasteiger partial charge in [0.05, 0.1) is 19.0 Å². The Bertz CT molecular complexity index is 1470. The molecule has 0 bridgehead atoms. The molecule has 0 saturated heterocycles. The quantitative estimate of drug-likeness (QED) is 0.0523. The summed E-state index contributed by atoms with van der Waals surface area (Å²) in [6.45, 7) is 20.8. The van der Waals surface area contributed by atoms with Crippen molar-refractivity contribution in [2.24, 2.45) is 41.2 Å². The van der Waals surface area contributed by atoms with Crippen molar-refractivity contribution in [1.82, 2.24) is 37.2 Å². The maximum absolute atomic E-state index is 14.0. The third-order valence-corrected chi connectivity index (χ3v) is 9.56. The van der Waals surface area contributed by atoms with Gasteiger partial charge in [-0.2, -0.15) is 0 Å². The van der Waals surface area contributed by atoms with E-state index in [9.17, 15) is 53.4 Å². The van der Waals surface area contributed by atoms with Crippen LogP contribution in [0, 0.1) is 35.5 Å². The Balaban J connectivity index is 6.29. The van der Waals surface area contributed by atoms with E-state index in [1.165, 1.54) is 0 Å². The van der Waals surface area contributed by atoms with E-state index in [4.69, 9.17) is 5.73 Å². The van der Waals surface area contributed by atoms with Crippen molar-refractivity contribution in [2.75, 3.05) is 6.54 Å². The first kappa shape index (κ1) is 55.2. The zero-order chi connectivity index (χ0) is 46.6. The molecule has 344 valence electrons. The molecule has 0 aromatic heterocycles. The first-order chi connectivity index (χ1) is 27.7. The van der Waals surface area contributed by atoms with Crippen molar-refractivity contribution < 1.29 is 53.4 Å². The predicted molar refractivity (Wildman–Crippen MR) is 225 cm³/mol. The molecule has 0 radical (unpaired) electrons. The Labute approximate surface area is 355 Å². The summed E-state index contributed by atoms with van der Waals surface area (Å²) >= 11 is 0. The summed E-state index contributed by atoms with van der Waals surface area (Å²) in [5, 5.41) is 36.8. The summed E-state index contributed by atoms with van der Waals surface area (Å²) < 4.78 is 0. The van der Waals surface area contributed by atoms with Crippen molar-refractivity contribution in [2.45, 2.75) is 164 Å². The molecule has 11 N–H and O–H groups in total. The molecule has 60 heavy (non-hydrogen) atoms. The summed E-state index contributed by atoms with van der Waals surface area (Å²) in [5.74, 6) is -9.03. The molecule has 0 heterocycles. The standard InChI is InChI=1S/C41H74N8O11/c1-13-25(12)34(49-39(57)30(18-32(51)52)44-35(53)26(42)14-20(2)3)40(58)47-29(17-23(8)9)38(56)46-28(16-22(6)7)37(55)45-27(15-21(4)5)36(54)43-19-31(50)48-33(24(10)11)41(59)60/h20-30,33-34H,13-19,42H2,1-12H3,(H,43,54)(H,44,53)(H,45,55)(H,46,56)(H,47,58)(H,48,50)(H,49,57)(H,51,52)(H,59,60). The molecule has 0 rings (SSSR count). The fraction of sp³-hybridized carbons (Fsp3) is 0.780. The third-order valence-electron chi connectivity index (χ3n) is 9.56. The van der Waals surface area contributed by atoms with Gasteiger partial charge in [0.25, 0.3) is 0 Å². The van der Waals surface area contributed by atoms with Gasteiger partial charge in [0, 0.05) is 0 Å². The average molecular weight is 855 g/mol. The van der Waals surface area contributed by atoms with E-state index in [-0.39, 0.29) is 49.4 Å². The van der Waals surface area contributed by atoms with E-state index in [2.05, 4.69) is 37.2 Å². The number of carboxylic acids is 2. The number of nitrogens with one attached hydrogen (secondary N) is 7. The van der Waals surface area contributed by atoms with Crippen LogP contribution in [0.25, 0.3) is 0 Å². The van der Waals surface area contributed by atoms with Gasteiger partial charge in [-0.25, -0.2) is 4.79 Å². The molecule has 8 unspecified atom stereocenters. The number of aliphatic carboxylic acids is 2. The van der Waals surface area contributed by atoms with Crippen LogP contribution < -0.4 is 43.0 Å². The smallest absolute Gasteiger partial charge is 0.326 e. The van der Waals surface area contributed by atoms with Gasteiger partial charge in [-0.15, -0.1) is 0 Å². The van der Waals surface area contributed by atoms with E-state index in [1.54, 1.807) is 27.7 Å².